The molecule has 1 fully saturated rings. The first-order valence-electron chi connectivity index (χ1n) is 6.50. The van der Waals surface area contributed by atoms with Gasteiger partial charge < -0.3 is 9.80 Å². The van der Waals surface area contributed by atoms with Crippen molar-refractivity contribution in [2.24, 2.45) is 5.92 Å². The van der Waals surface area contributed by atoms with Gasteiger partial charge in [0, 0.05) is 39.6 Å². The number of piperidine rings is 1. The number of nitrogens with zero attached hydrogens (tertiary/aromatic N) is 3. The van der Waals surface area contributed by atoms with Crippen LogP contribution in [0.25, 0.3) is 0 Å². The van der Waals surface area contributed by atoms with Gasteiger partial charge in [-0.3, -0.25) is 14.6 Å². The number of carbonyl (C=O) groups is 2. The molecular weight excluding hydrogens is 242 g/mol. The highest BCUT2D eigenvalue weighted by Crippen LogP contribution is 2.19. The second-order valence-corrected chi connectivity index (χ2v) is 5.06. The highest BCUT2D eigenvalue weighted by Gasteiger charge is 2.29. The van der Waals surface area contributed by atoms with E-state index in [9.17, 15) is 9.59 Å². The van der Waals surface area contributed by atoms with E-state index in [2.05, 4.69) is 4.98 Å². The van der Waals surface area contributed by atoms with Crippen molar-refractivity contribution in [3.8, 4) is 0 Å². The Labute approximate surface area is 113 Å². The largest absolute Gasteiger partial charge is 0.349 e. The molecule has 0 aliphatic carbocycles. The maximum absolute atomic E-state index is 12.3. The minimum Gasteiger partial charge on any atom is -0.349 e. The van der Waals surface area contributed by atoms with Crippen LogP contribution in [-0.2, 0) is 4.79 Å². The van der Waals surface area contributed by atoms with Crippen molar-refractivity contribution in [1.29, 1.82) is 0 Å². The highest BCUT2D eigenvalue weighted by atomic mass is 16.2. The number of pyridine rings is 1. The molecule has 0 radical (unpaired) electrons. The predicted molar refractivity (Wildman–Crippen MR) is 71.6 cm³/mol. The molecule has 1 aliphatic heterocycles. The summed E-state index contributed by atoms with van der Waals surface area (Å²) in [5.41, 5.74) is 0.584. The fourth-order valence-electron chi connectivity index (χ4n) is 2.40. The Balaban J connectivity index is 2.05. The van der Waals surface area contributed by atoms with Gasteiger partial charge in [-0.25, -0.2) is 0 Å². The minimum absolute atomic E-state index is 0.0376. The second-order valence-electron chi connectivity index (χ2n) is 5.06. The molecule has 5 nitrogen and oxygen atoms in total. The SMILES string of the molecule is CN(C)C(=O)C1CCCN(C(=O)c2cccnc2)C1. The van der Waals surface area contributed by atoms with Crippen LogP contribution in [0.3, 0.4) is 0 Å². The molecule has 19 heavy (non-hydrogen) atoms. The molecule has 1 aromatic rings. The van der Waals surface area contributed by atoms with E-state index in [4.69, 9.17) is 0 Å². The molecule has 0 bridgehead atoms. The molecule has 2 amide bonds. The van der Waals surface area contributed by atoms with E-state index in [-0.39, 0.29) is 17.7 Å². The lowest BCUT2D eigenvalue weighted by Crippen LogP contribution is -2.45. The van der Waals surface area contributed by atoms with E-state index in [1.165, 1.54) is 0 Å². The number of hydrogen-bond acceptors (Lipinski definition) is 3. The number of rotatable bonds is 2. The summed E-state index contributed by atoms with van der Waals surface area (Å²) in [7, 11) is 3.51. The van der Waals surface area contributed by atoms with Crippen molar-refractivity contribution >= 4 is 11.8 Å². The Bertz CT molecular complexity index is 459. The molecule has 1 atom stereocenters. The average Bonchev–Trinajstić information content (AvgIpc) is 2.46. The molecule has 1 aromatic heterocycles. The first-order valence-corrected chi connectivity index (χ1v) is 6.50. The van der Waals surface area contributed by atoms with Crippen molar-refractivity contribution in [2.45, 2.75) is 12.8 Å². The van der Waals surface area contributed by atoms with Crippen LogP contribution in [0.1, 0.15) is 23.2 Å². The third-order valence-corrected chi connectivity index (χ3v) is 3.41. The second kappa shape index (κ2) is 5.82. The zero-order valence-electron chi connectivity index (χ0n) is 11.4. The number of likely N-dealkylation sites (tertiary alicyclic amines) is 1. The molecule has 1 aliphatic rings. The summed E-state index contributed by atoms with van der Waals surface area (Å²) in [6.45, 7) is 1.22. The predicted octanol–water partition coefficient (Wildman–Crippen LogP) is 1.02. The summed E-state index contributed by atoms with van der Waals surface area (Å²) < 4.78 is 0. The summed E-state index contributed by atoms with van der Waals surface area (Å²) in [4.78, 5) is 31.6. The van der Waals surface area contributed by atoms with Gasteiger partial charge in [0.15, 0.2) is 0 Å². The maximum atomic E-state index is 12.3. The molecule has 2 rings (SSSR count). The van der Waals surface area contributed by atoms with E-state index in [1.54, 1.807) is 48.4 Å². The Morgan fingerprint density at radius 3 is 2.84 bits per heavy atom. The van der Waals surface area contributed by atoms with Crippen molar-refractivity contribution in [2.75, 3.05) is 27.2 Å². The Morgan fingerprint density at radius 1 is 1.42 bits per heavy atom. The van der Waals surface area contributed by atoms with Crippen molar-refractivity contribution in [3.63, 3.8) is 0 Å². The van der Waals surface area contributed by atoms with Crippen LogP contribution >= 0.6 is 0 Å². The van der Waals surface area contributed by atoms with Crippen molar-refractivity contribution in [1.82, 2.24) is 14.8 Å². The number of amides is 2. The molecule has 2 heterocycles. The van der Waals surface area contributed by atoms with Gasteiger partial charge in [-0.1, -0.05) is 0 Å². The Morgan fingerprint density at radius 2 is 2.21 bits per heavy atom. The van der Waals surface area contributed by atoms with Crippen LogP contribution in [0, 0.1) is 5.92 Å². The summed E-state index contributed by atoms with van der Waals surface area (Å²) in [5, 5.41) is 0. The lowest BCUT2D eigenvalue weighted by Gasteiger charge is -2.33. The third-order valence-electron chi connectivity index (χ3n) is 3.41. The van der Waals surface area contributed by atoms with Gasteiger partial charge in [-0.2, -0.15) is 0 Å². The van der Waals surface area contributed by atoms with Gasteiger partial charge in [0.25, 0.3) is 5.91 Å². The van der Waals surface area contributed by atoms with Crippen LogP contribution < -0.4 is 0 Å². The maximum Gasteiger partial charge on any atom is 0.255 e. The summed E-state index contributed by atoms with van der Waals surface area (Å²) >= 11 is 0. The monoisotopic (exact) mass is 261 g/mol. The fraction of sp³-hybridized carbons (Fsp3) is 0.500. The molecule has 102 valence electrons. The van der Waals surface area contributed by atoms with Crippen LogP contribution in [0.15, 0.2) is 24.5 Å². The molecule has 0 aromatic carbocycles. The van der Waals surface area contributed by atoms with E-state index < -0.39 is 0 Å². The van der Waals surface area contributed by atoms with E-state index >= 15 is 0 Å². The van der Waals surface area contributed by atoms with Gasteiger partial charge in [-0.05, 0) is 25.0 Å². The zero-order valence-corrected chi connectivity index (χ0v) is 11.4. The minimum atomic E-state index is -0.0793. The fourth-order valence-corrected chi connectivity index (χ4v) is 2.40. The average molecular weight is 261 g/mol. The standard InChI is InChI=1S/C14H19N3O2/c1-16(2)13(18)12-6-4-8-17(10-12)14(19)11-5-3-7-15-9-11/h3,5,7,9,12H,4,6,8,10H2,1-2H3. The Hall–Kier alpha value is -1.91. The molecular formula is C14H19N3O2. The van der Waals surface area contributed by atoms with Gasteiger partial charge in [0.2, 0.25) is 5.91 Å². The van der Waals surface area contributed by atoms with Crippen molar-refractivity contribution in [3.05, 3.63) is 30.1 Å². The van der Waals surface area contributed by atoms with Crippen LogP contribution in [0.4, 0.5) is 0 Å². The Kier molecular flexibility index (Phi) is 4.14. The third kappa shape index (κ3) is 3.10. The number of hydrogen-bond donors (Lipinski definition) is 0. The molecule has 0 N–H and O–H groups in total. The van der Waals surface area contributed by atoms with Crippen LogP contribution in [0.5, 0.6) is 0 Å². The smallest absolute Gasteiger partial charge is 0.255 e. The summed E-state index contributed by atoms with van der Waals surface area (Å²) in [6.07, 6.45) is 4.94. The lowest BCUT2D eigenvalue weighted by molar-refractivity contribution is -0.134. The molecule has 0 spiro atoms. The van der Waals surface area contributed by atoms with E-state index in [1.807, 2.05) is 0 Å². The molecule has 1 unspecified atom stereocenters. The number of carbonyl (C=O) groups excluding carboxylic acids is 2. The van der Waals surface area contributed by atoms with Crippen molar-refractivity contribution < 1.29 is 9.59 Å². The molecule has 1 saturated heterocycles. The van der Waals surface area contributed by atoms with Gasteiger partial charge >= 0.3 is 0 Å². The topological polar surface area (TPSA) is 53.5 Å². The molecule has 5 heteroatoms. The van der Waals surface area contributed by atoms with Gasteiger partial charge in [0.05, 0.1) is 11.5 Å². The van der Waals surface area contributed by atoms with Gasteiger partial charge in [-0.15, -0.1) is 0 Å². The quantitative estimate of drug-likeness (QED) is 0.798. The van der Waals surface area contributed by atoms with Crippen LogP contribution in [-0.4, -0.2) is 53.8 Å². The number of aromatic nitrogens is 1. The highest BCUT2D eigenvalue weighted by molar-refractivity contribution is 5.94. The first kappa shape index (κ1) is 13.5. The first-order chi connectivity index (χ1) is 9.09. The van der Waals surface area contributed by atoms with E-state index in [0.717, 1.165) is 12.8 Å². The normalized spacial score (nSPS) is 19.1. The van der Waals surface area contributed by atoms with Gasteiger partial charge in [0.1, 0.15) is 0 Å². The van der Waals surface area contributed by atoms with Crippen LogP contribution in [0.2, 0.25) is 0 Å². The lowest BCUT2D eigenvalue weighted by atomic mass is 9.96. The summed E-state index contributed by atoms with van der Waals surface area (Å²) in [5.74, 6) is -0.0163. The van der Waals surface area contributed by atoms with E-state index in [0.29, 0.717) is 18.7 Å². The molecule has 0 saturated carbocycles. The zero-order chi connectivity index (χ0) is 13.8. The summed E-state index contributed by atoms with van der Waals surface area (Å²) in [6, 6.07) is 3.51.